The van der Waals surface area contributed by atoms with Crippen LogP contribution in [0.1, 0.15) is 43.5 Å². The summed E-state index contributed by atoms with van der Waals surface area (Å²) in [6.07, 6.45) is -0.504. The van der Waals surface area contributed by atoms with Crippen molar-refractivity contribution in [3.8, 4) is 6.07 Å². The normalized spacial score (nSPS) is 12.1. The molecule has 0 fully saturated rings. The van der Waals surface area contributed by atoms with Crippen molar-refractivity contribution in [3.05, 3.63) is 71.3 Å². The largest absolute Gasteiger partial charge is 0.444 e. The van der Waals surface area contributed by atoms with E-state index in [-0.39, 0.29) is 6.04 Å². The van der Waals surface area contributed by atoms with E-state index >= 15 is 0 Å². The molecule has 2 aromatic carbocycles. The molecule has 5 heteroatoms. The van der Waals surface area contributed by atoms with E-state index in [0.717, 1.165) is 11.1 Å². The number of nitrogens with one attached hydrogen (secondary N) is 1. The molecule has 1 atom stereocenters. The molecule has 1 N–H and O–H groups in total. The molecule has 0 aliphatic heterocycles. The van der Waals surface area contributed by atoms with Crippen molar-refractivity contribution in [2.45, 2.75) is 39.0 Å². The van der Waals surface area contributed by atoms with Gasteiger partial charge in [-0.05, 0) is 44.0 Å². The number of carbonyl (C=O) groups is 1. The molecule has 0 heterocycles. The Balaban J connectivity index is 2.04. The standard InChI is InChI=1S/C21H24N2O3/c1-21(2,3)26-20(24)23-19(18-11-9-16(13-22)10-12-18)15-25-14-17-7-5-4-6-8-17/h4-12,19H,14-15H2,1-3H3,(H,23,24)/t19-/m1/s1. The zero-order valence-corrected chi connectivity index (χ0v) is 15.4. The summed E-state index contributed by atoms with van der Waals surface area (Å²) in [5.74, 6) is 0. The first kappa shape index (κ1) is 19.5. The predicted molar refractivity (Wildman–Crippen MR) is 99.4 cm³/mol. The summed E-state index contributed by atoms with van der Waals surface area (Å²) in [6, 6.07) is 18.6. The van der Waals surface area contributed by atoms with Crippen LogP contribution in [0.3, 0.4) is 0 Å². The number of benzene rings is 2. The van der Waals surface area contributed by atoms with Gasteiger partial charge in [0, 0.05) is 0 Å². The van der Waals surface area contributed by atoms with Gasteiger partial charge in [0.25, 0.3) is 0 Å². The van der Waals surface area contributed by atoms with Gasteiger partial charge >= 0.3 is 6.09 Å². The third-order valence-electron chi connectivity index (χ3n) is 3.53. The molecular formula is C21H24N2O3. The van der Waals surface area contributed by atoms with Gasteiger partial charge in [0.2, 0.25) is 0 Å². The Kier molecular flexibility index (Phi) is 6.76. The van der Waals surface area contributed by atoms with Crippen LogP contribution in [0.25, 0.3) is 0 Å². The topological polar surface area (TPSA) is 71.3 Å². The molecule has 1 amide bonds. The summed E-state index contributed by atoms with van der Waals surface area (Å²) >= 11 is 0. The Hall–Kier alpha value is -2.84. The van der Waals surface area contributed by atoms with Gasteiger partial charge in [0.15, 0.2) is 0 Å². The minimum Gasteiger partial charge on any atom is -0.444 e. The summed E-state index contributed by atoms with van der Waals surface area (Å²) in [5, 5.41) is 11.8. The summed E-state index contributed by atoms with van der Waals surface area (Å²) in [6.45, 7) is 6.18. The first-order valence-electron chi connectivity index (χ1n) is 8.48. The molecule has 0 bridgehead atoms. The summed E-state index contributed by atoms with van der Waals surface area (Å²) < 4.78 is 11.1. The number of nitriles is 1. The molecule has 0 saturated heterocycles. The highest BCUT2D eigenvalue weighted by Crippen LogP contribution is 2.17. The fourth-order valence-corrected chi connectivity index (χ4v) is 2.33. The lowest BCUT2D eigenvalue weighted by atomic mass is 10.1. The smallest absolute Gasteiger partial charge is 0.408 e. The first-order chi connectivity index (χ1) is 12.4. The lowest BCUT2D eigenvalue weighted by Gasteiger charge is -2.24. The summed E-state index contributed by atoms with van der Waals surface area (Å²) in [5.41, 5.74) is 1.89. The molecule has 0 unspecified atom stereocenters. The van der Waals surface area contributed by atoms with Gasteiger partial charge in [0.1, 0.15) is 5.60 Å². The second kappa shape index (κ2) is 9.02. The second-order valence-corrected chi connectivity index (χ2v) is 6.93. The number of nitrogens with zero attached hydrogens (tertiary/aromatic N) is 1. The van der Waals surface area contributed by atoms with E-state index in [1.807, 2.05) is 63.2 Å². The van der Waals surface area contributed by atoms with Gasteiger partial charge in [-0.3, -0.25) is 0 Å². The zero-order valence-electron chi connectivity index (χ0n) is 15.4. The predicted octanol–water partition coefficient (Wildman–Crippen LogP) is 4.34. The fourth-order valence-electron chi connectivity index (χ4n) is 2.33. The number of carbonyl (C=O) groups excluding carboxylic acids is 1. The van der Waals surface area contributed by atoms with Crippen molar-refractivity contribution in [3.63, 3.8) is 0 Å². The van der Waals surface area contributed by atoms with Crippen LogP contribution in [-0.4, -0.2) is 18.3 Å². The Morgan fingerprint density at radius 3 is 2.35 bits per heavy atom. The lowest BCUT2D eigenvalue weighted by Crippen LogP contribution is -2.36. The van der Waals surface area contributed by atoms with Crippen molar-refractivity contribution >= 4 is 6.09 Å². The van der Waals surface area contributed by atoms with Crippen molar-refractivity contribution in [2.24, 2.45) is 0 Å². The number of amides is 1. The molecule has 0 radical (unpaired) electrons. The van der Waals surface area contributed by atoms with Crippen LogP contribution in [0, 0.1) is 11.3 Å². The fraction of sp³-hybridized carbons (Fsp3) is 0.333. The highest BCUT2D eigenvalue weighted by Gasteiger charge is 2.21. The number of alkyl carbamates (subject to hydrolysis) is 1. The average molecular weight is 352 g/mol. The van der Waals surface area contributed by atoms with Crippen LogP contribution in [0.2, 0.25) is 0 Å². The van der Waals surface area contributed by atoms with Crippen molar-refractivity contribution in [1.82, 2.24) is 5.32 Å². The van der Waals surface area contributed by atoms with Crippen molar-refractivity contribution in [2.75, 3.05) is 6.61 Å². The molecule has 0 aliphatic carbocycles. The van der Waals surface area contributed by atoms with Gasteiger partial charge in [-0.2, -0.15) is 5.26 Å². The van der Waals surface area contributed by atoms with Crippen LogP contribution < -0.4 is 5.32 Å². The SMILES string of the molecule is CC(C)(C)OC(=O)N[C@H](COCc1ccccc1)c1ccc(C#N)cc1. The van der Waals surface area contributed by atoms with Gasteiger partial charge in [-0.1, -0.05) is 42.5 Å². The summed E-state index contributed by atoms with van der Waals surface area (Å²) in [4.78, 5) is 12.2. The molecule has 0 aromatic heterocycles. The Bertz CT molecular complexity index is 744. The highest BCUT2D eigenvalue weighted by atomic mass is 16.6. The Morgan fingerprint density at radius 1 is 1.12 bits per heavy atom. The van der Waals surface area contributed by atoms with Gasteiger partial charge in [-0.15, -0.1) is 0 Å². The first-order valence-corrected chi connectivity index (χ1v) is 8.48. The minimum absolute atomic E-state index is 0.292. The number of ether oxygens (including phenoxy) is 2. The van der Waals surface area contributed by atoms with Gasteiger partial charge in [0.05, 0.1) is 30.9 Å². The zero-order chi connectivity index (χ0) is 19.0. The van der Waals surface area contributed by atoms with Crippen molar-refractivity contribution < 1.29 is 14.3 Å². The Labute approximate surface area is 154 Å². The molecule has 26 heavy (non-hydrogen) atoms. The molecule has 136 valence electrons. The molecular weight excluding hydrogens is 328 g/mol. The average Bonchev–Trinajstić information content (AvgIpc) is 2.60. The van der Waals surface area contributed by atoms with E-state index in [0.29, 0.717) is 18.8 Å². The maximum atomic E-state index is 12.2. The van der Waals surface area contributed by atoms with Crippen LogP contribution in [0.4, 0.5) is 4.79 Å². The maximum Gasteiger partial charge on any atom is 0.408 e. The van der Waals surface area contributed by atoms with E-state index in [2.05, 4.69) is 11.4 Å². The molecule has 0 spiro atoms. The number of rotatable bonds is 6. The Morgan fingerprint density at radius 2 is 1.77 bits per heavy atom. The molecule has 0 saturated carbocycles. The van der Waals surface area contributed by atoms with E-state index in [1.165, 1.54) is 0 Å². The quantitative estimate of drug-likeness (QED) is 0.839. The van der Waals surface area contributed by atoms with Crippen LogP contribution in [0.5, 0.6) is 0 Å². The van der Waals surface area contributed by atoms with E-state index in [4.69, 9.17) is 14.7 Å². The molecule has 0 aliphatic rings. The molecule has 5 nitrogen and oxygen atoms in total. The highest BCUT2D eigenvalue weighted by molar-refractivity contribution is 5.68. The van der Waals surface area contributed by atoms with Crippen LogP contribution in [-0.2, 0) is 16.1 Å². The van der Waals surface area contributed by atoms with E-state index in [1.54, 1.807) is 12.1 Å². The molecule has 2 rings (SSSR count). The van der Waals surface area contributed by atoms with Crippen LogP contribution in [0.15, 0.2) is 54.6 Å². The third-order valence-corrected chi connectivity index (χ3v) is 3.53. The van der Waals surface area contributed by atoms with Crippen LogP contribution >= 0.6 is 0 Å². The molecule has 2 aromatic rings. The van der Waals surface area contributed by atoms with Gasteiger partial charge < -0.3 is 14.8 Å². The monoisotopic (exact) mass is 352 g/mol. The van der Waals surface area contributed by atoms with E-state index < -0.39 is 11.7 Å². The van der Waals surface area contributed by atoms with E-state index in [9.17, 15) is 4.79 Å². The van der Waals surface area contributed by atoms with Crippen molar-refractivity contribution in [1.29, 1.82) is 5.26 Å². The minimum atomic E-state index is -0.579. The lowest BCUT2D eigenvalue weighted by molar-refractivity contribution is 0.0427. The van der Waals surface area contributed by atoms with Gasteiger partial charge in [-0.25, -0.2) is 4.79 Å². The maximum absolute atomic E-state index is 12.2. The number of hydrogen-bond acceptors (Lipinski definition) is 4. The number of hydrogen-bond donors (Lipinski definition) is 1. The summed E-state index contributed by atoms with van der Waals surface area (Å²) in [7, 11) is 0. The second-order valence-electron chi connectivity index (χ2n) is 6.93. The third kappa shape index (κ3) is 6.58.